The Labute approximate surface area is 75.8 Å². The number of nitrogens with zero attached hydrogens (tertiary/aromatic N) is 2. The van der Waals surface area contributed by atoms with Crippen LogP contribution in [0.4, 0.5) is 0 Å². The second-order valence-corrected chi connectivity index (χ2v) is 3.97. The molecule has 0 aliphatic carbocycles. The number of rotatable bonds is 2. The normalized spacial score (nSPS) is 12.0. The van der Waals surface area contributed by atoms with Crippen LogP contribution >= 0.6 is 15.9 Å². The molecule has 0 bridgehead atoms. The molecule has 62 valence electrons. The molecule has 0 aromatic carbocycles. The van der Waals surface area contributed by atoms with Crippen LogP contribution < -0.4 is 0 Å². The SMILES string of the molecule is Cn1cncc1C(C)(C)CBr. The highest BCUT2D eigenvalue weighted by molar-refractivity contribution is 9.09. The molecule has 0 fully saturated rings. The topological polar surface area (TPSA) is 17.8 Å². The maximum atomic E-state index is 4.08. The smallest absolute Gasteiger partial charge is 0.0945 e. The first-order valence-corrected chi connectivity index (χ1v) is 4.73. The Morgan fingerprint density at radius 1 is 1.64 bits per heavy atom. The maximum Gasteiger partial charge on any atom is 0.0945 e. The van der Waals surface area contributed by atoms with Crippen molar-refractivity contribution in [2.45, 2.75) is 19.3 Å². The van der Waals surface area contributed by atoms with Crippen LogP contribution in [-0.4, -0.2) is 14.9 Å². The third kappa shape index (κ3) is 1.64. The van der Waals surface area contributed by atoms with Crippen LogP contribution in [-0.2, 0) is 12.5 Å². The molecule has 1 aromatic heterocycles. The van der Waals surface area contributed by atoms with E-state index in [9.17, 15) is 0 Å². The molecule has 3 heteroatoms. The van der Waals surface area contributed by atoms with Gasteiger partial charge in [-0.25, -0.2) is 4.98 Å². The highest BCUT2D eigenvalue weighted by Crippen LogP contribution is 2.23. The van der Waals surface area contributed by atoms with Gasteiger partial charge in [0.05, 0.1) is 6.33 Å². The summed E-state index contributed by atoms with van der Waals surface area (Å²) in [5.41, 5.74) is 1.43. The fourth-order valence-electron chi connectivity index (χ4n) is 1.08. The van der Waals surface area contributed by atoms with Crippen molar-refractivity contribution in [3.63, 3.8) is 0 Å². The third-order valence-corrected chi connectivity index (χ3v) is 3.25. The Kier molecular flexibility index (Phi) is 2.37. The van der Waals surface area contributed by atoms with Crippen LogP contribution in [0.25, 0.3) is 0 Å². The van der Waals surface area contributed by atoms with Crippen molar-refractivity contribution < 1.29 is 0 Å². The lowest BCUT2D eigenvalue weighted by Gasteiger charge is -2.21. The van der Waals surface area contributed by atoms with Gasteiger partial charge >= 0.3 is 0 Å². The summed E-state index contributed by atoms with van der Waals surface area (Å²) in [7, 11) is 2.02. The number of hydrogen-bond acceptors (Lipinski definition) is 1. The van der Waals surface area contributed by atoms with E-state index in [2.05, 4.69) is 39.3 Å². The molecule has 0 aliphatic heterocycles. The first kappa shape index (κ1) is 8.78. The van der Waals surface area contributed by atoms with Crippen molar-refractivity contribution in [2.24, 2.45) is 7.05 Å². The molecule has 0 N–H and O–H groups in total. The van der Waals surface area contributed by atoms with E-state index in [1.165, 1.54) is 5.69 Å². The fraction of sp³-hybridized carbons (Fsp3) is 0.625. The number of aromatic nitrogens is 2. The number of alkyl halides is 1. The molecule has 1 aromatic rings. The first-order valence-electron chi connectivity index (χ1n) is 3.60. The summed E-state index contributed by atoms with van der Waals surface area (Å²) in [5, 5.41) is 0.958. The minimum atomic E-state index is 0.172. The molecule has 1 heterocycles. The molecule has 0 saturated carbocycles. The van der Waals surface area contributed by atoms with Gasteiger partial charge in [-0.15, -0.1) is 0 Å². The van der Waals surface area contributed by atoms with Crippen molar-refractivity contribution in [2.75, 3.05) is 5.33 Å². The zero-order chi connectivity index (χ0) is 8.48. The van der Waals surface area contributed by atoms with Crippen molar-refractivity contribution in [1.29, 1.82) is 0 Å². The number of halogens is 1. The summed E-state index contributed by atoms with van der Waals surface area (Å²) in [4.78, 5) is 4.08. The van der Waals surface area contributed by atoms with Crippen LogP contribution in [0, 0.1) is 0 Å². The van der Waals surface area contributed by atoms with Gasteiger partial charge in [0.1, 0.15) is 0 Å². The van der Waals surface area contributed by atoms with Crippen molar-refractivity contribution in [1.82, 2.24) is 9.55 Å². The standard InChI is InChI=1S/C8H13BrN2/c1-8(2,5-9)7-4-10-6-11(7)3/h4,6H,5H2,1-3H3. The summed E-state index contributed by atoms with van der Waals surface area (Å²) in [6, 6.07) is 0. The van der Waals surface area contributed by atoms with Gasteiger partial charge in [0.2, 0.25) is 0 Å². The van der Waals surface area contributed by atoms with Gasteiger partial charge in [-0.3, -0.25) is 0 Å². The minimum Gasteiger partial charge on any atom is -0.337 e. The summed E-state index contributed by atoms with van der Waals surface area (Å²) < 4.78 is 2.06. The molecule has 0 amide bonds. The summed E-state index contributed by atoms with van der Waals surface area (Å²) in [6.07, 6.45) is 3.75. The quantitative estimate of drug-likeness (QED) is 0.693. The molecule has 0 aliphatic rings. The molecule has 11 heavy (non-hydrogen) atoms. The molecule has 0 unspecified atom stereocenters. The van der Waals surface area contributed by atoms with Gasteiger partial charge < -0.3 is 4.57 Å². The molecular weight excluding hydrogens is 204 g/mol. The number of hydrogen-bond donors (Lipinski definition) is 0. The highest BCUT2D eigenvalue weighted by Gasteiger charge is 2.21. The van der Waals surface area contributed by atoms with Crippen molar-refractivity contribution in [3.8, 4) is 0 Å². The Bertz CT molecular complexity index is 240. The van der Waals surface area contributed by atoms with Crippen LogP contribution in [0.1, 0.15) is 19.5 Å². The van der Waals surface area contributed by atoms with E-state index in [1.54, 1.807) is 0 Å². The van der Waals surface area contributed by atoms with Gasteiger partial charge in [-0.1, -0.05) is 29.8 Å². The lowest BCUT2D eigenvalue weighted by atomic mass is 9.93. The van der Waals surface area contributed by atoms with Gasteiger partial charge in [0, 0.05) is 29.7 Å². The van der Waals surface area contributed by atoms with E-state index in [-0.39, 0.29) is 5.41 Å². The van der Waals surface area contributed by atoms with Gasteiger partial charge in [0.15, 0.2) is 0 Å². The molecule has 1 rings (SSSR count). The Morgan fingerprint density at radius 2 is 2.27 bits per heavy atom. The van der Waals surface area contributed by atoms with Gasteiger partial charge in [-0.05, 0) is 0 Å². The average molecular weight is 217 g/mol. The predicted molar refractivity (Wildman–Crippen MR) is 50.0 cm³/mol. The van der Waals surface area contributed by atoms with Crippen molar-refractivity contribution in [3.05, 3.63) is 18.2 Å². The van der Waals surface area contributed by atoms with E-state index < -0.39 is 0 Å². The minimum absolute atomic E-state index is 0.172. The molecule has 0 saturated heterocycles. The number of imidazole rings is 1. The third-order valence-electron chi connectivity index (χ3n) is 1.84. The lowest BCUT2D eigenvalue weighted by Crippen LogP contribution is -2.21. The van der Waals surface area contributed by atoms with E-state index in [4.69, 9.17) is 0 Å². The molecule has 0 spiro atoms. The summed E-state index contributed by atoms with van der Waals surface area (Å²) >= 11 is 3.49. The van der Waals surface area contributed by atoms with Gasteiger partial charge in [-0.2, -0.15) is 0 Å². The van der Waals surface area contributed by atoms with E-state index >= 15 is 0 Å². The maximum absolute atomic E-state index is 4.08. The first-order chi connectivity index (χ1) is 5.08. The zero-order valence-electron chi connectivity index (χ0n) is 7.13. The van der Waals surface area contributed by atoms with Gasteiger partial charge in [0.25, 0.3) is 0 Å². The summed E-state index contributed by atoms with van der Waals surface area (Å²) in [6.45, 7) is 4.39. The van der Waals surface area contributed by atoms with Crippen LogP contribution in [0.3, 0.4) is 0 Å². The van der Waals surface area contributed by atoms with Crippen molar-refractivity contribution >= 4 is 15.9 Å². The Morgan fingerprint density at radius 3 is 2.64 bits per heavy atom. The number of aryl methyl sites for hydroxylation is 1. The van der Waals surface area contributed by atoms with E-state index in [0.717, 1.165) is 5.33 Å². The predicted octanol–water partition coefficient (Wildman–Crippen LogP) is 2.09. The second-order valence-electron chi connectivity index (χ2n) is 3.41. The van der Waals surface area contributed by atoms with Crippen LogP contribution in [0.15, 0.2) is 12.5 Å². The Hall–Kier alpha value is -0.310. The monoisotopic (exact) mass is 216 g/mol. The Balaban J connectivity index is 3.00. The zero-order valence-corrected chi connectivity index (χ0v) is 8.72. The van der Waals surface area contributed by atoms with E-state index in [1.807, 2.05) is 19.6 Å². The van der Waals surface area contributed by atoms with Crippen LogP contribution in [0.5, 0.6) is 0 Å². The molecule has 0 atom stereocenters. The van der Waals surface area contributed by atoms with Crippen LogP contribution in [0.2, 0.25) is 0 Å². The van der Waals surface area contributed by atoms with E-state index in [0.29, 0.717) is 0 Å². The lowest BCUT2D eigenvalue weighted by molar-refractivity contribution is 0.556. The highest BCUT2D eigenvalue weighted by atomic mass is 79.9. The largest absolute Gasteiger partial charge is 0.337 e. The summed E-state index contributed by atoms with van der Waals surface area (Å²) in [5.74, 6) is 0. The molecule has 2 nitrogen and oxygen atoms in total. The second kappa shape index (κ2) is 2.97. The molecule has 0 radical (unpaired) electrons. The molecular formula is C8H13BrN2. The average Bonchev–Trinajstić information content (AvgIpc) is 2.36. The fourth-order valence-corrected chi connectivity index (χ4v) is 1.37.